The van der Waals surface area contributed by atoms with Crippen molar-refractivity contribution in [2.45, 2.75) is 19.9 Å². The van der Waals surface area contributed by atoms with Crippen LogP contribution < -0.4 is 15.4 Å². The summed E-state index contributed by atoms with van der Waals surface area (Å²) >= 11 is 0. The molecule has 0 radical (unpaired) electrons. The third-order valence-corrected chi connectivity index (χ3v) is 4.52. The lowest BCUT2D eigenvalue weighted by Crippen LogP contribution is -2.41. The number of benzene rings is 2. The Kier molecular flexibility index (Phi) is 5.16. The molecule has 0 bridgehead atoms. The number of carbonyl (C=O) groups excluding carboxylic acids is 1. The standard InChI is InChI=1S/C21H24N4O3/c1-14(2)22-21(26)23-15-7-8-18-16(13-15)20(25-9-11-27-12-10-25)24-17-5-3-4-6-19(17)28-18/h3-8,13-14H,9-12H2,1-2H3,(H2,22,23,26). The molecule has 2 aromatic rings. The van der Waals surface area contributed by atoms with Crippen molar-refractivity contribution in [2.24, 2.45) is 4.99 Å². The van der Waals surface area contributed by atoms with Crippen molar-refractivity contribution >= 4 is 23.2 Å². The summed E-state index contributed by atoms with van der Waals surface area (Å²) in [5.41, 5.74) is 2.32. The van der Waals surface area contributed by atoms with Crippen molar-refractivity contribution in [3.63, 3.8) is 0 Å². The maximum absolute atomic E-state index is 12.1. The Morgan fingerprint density at radius 2 is 1.89 bits per heavy atom. The summed E-state index contributed by atoms with van der Waals surface area (Å²) < 4.78 is 11.6. The molecule has 2 N–H and O–H groups in total. The van der Waals surface area contributed by atoms with Crippen LogP contribution in [-0.4, -0.2) is 49.1 Å². The fraction of sp³-hybridized carbons (Fsp3) is 0.333. The van der Waals surface area contributed by atoms with E-state index in [0.29, 0.717) is 30.4 Å². The van der Waals surface area contributed by atoms with Gasteiger partial charge < -0.3 is 25.0 Å². The number of amidine groups is 1. The third kappa shape index (κ3) is 3.94. The quantitative estimate of drug-likeness (QED) is 0.832. The van der Waals surface area contributed by atoms with E-state index in [1.54, 1.807) is 0 Å². The molecular weight excluding hydrogens is 356 g/mol. The van der Waals surface area contributed by atoms with E-state index in [4.69, 9.17) is 14.5 Å². The molecule has 0 aliphatic carbocycles. The summed E-state index contributed by atoms with van der Waals surface area (Å²) in [6.07, 6.45) is 0. The highest BCUT2D eigenvalue weighted by atomic mass is 16.5. The van der Waals surface area contributed by atoms with Crippen LogP contribution >= 0.6 is 0 Å². The molecule has 1 fully saturated rings. The number of para-hydroxylation sites is 2. The Hall–Kier alpha value is -3.06. The van der Waals surface area contributed by atoms with Crippen LogP contribution in [0.15, 0.2) is 47.5 Å². The summed E-state index contributed by atoms with van der Waals surface area (Å²) in [6.45, 7) is 6.67. The van der Waals surface area contributed by atoms with E-state index >= 15 is 0 Å². The monoisotopic (exact) mass is 380 g/mol. The smallest absolute Gasteiger partial charge is 0.319 e. The number of rotatable bonds is 2. The van der Waals surface area contributed by atoms with Gasteiger partial charge in [0.15, 0.2) is 5.75 Å². The average Bonchev–Trinajstić information content (AvgIpc) is 2.84. The first-order valence-corrected chi connectivity index (χ1v) is 9.50. The molecule has 4 rings (SSSR count). The Morgan fingerprint density at radius 1 is 1.11 bits per heavy atom. The van der Waals surface area contributed by atoms with Gasteiger partial charge in [-0.25, -0.2) is 9.79 Å². The van der Waals surface area contributed by atoms with Crippen LogP contribution in [0.2, 0.25) is 0 Å². The molecule has 2 aliphatic rings. The number of fused-ring (bicyclic) bond motifs is 2. The minimum absolute atomic E-state index is 0.0594. The van der Waals surface area contributed by atoms with Gasteiger partial charge in [0.05, 0.1) is 18.8 Å². The number of anilines is 1. The van der Waals surface area contributed by atoms with Crippen molar-refractivity contribution in [2.75, 3.05) is 31.6 Å². The predicted octanol–water partition coefficient (Wildman–Crippen LogP) is 3.73. The van der Waals surface area contributed by atoms with Crippen molar-refractivity contribution in [1.82, 2.24) is 10.2 Å². The molecule has 146 valence electrons. The molecule has 7 nitrogen and oxygen atoms in total. The van der Waals surface area contributed by atoms with Gasteiger partial charge in [0.2, 0.25) is 0 Å². The third-order valence-electron chi connectivity index (χ3n) is 4.52. The van der Waals surface area contributed by atoms with Gasteiger partial charge in [0.1, 0.15) is 17.3 Å². The number of nitrogens with zero attached hydrogens (tertiary/aromatic N) is 2. The maximum Gasteiger partial charge on any atom is 0.319 e. The molecule has 0 spiro atoms. The molecule has 2 amide bonds. The minimum Gasteiger partial charge on any atom is -0.454 e. The van der Waals surface area contributed by atoms with E-state index in [1.165, 1.54) is 0 Å². The number of hydrogen-bond donors (Lipinski definition) is 2. The molecule has 0 unspecified atom stereocenters. The highest BCUT2D eigenvalue weighted by molar-refractivity contribution is 6.05. The Balaban J connectivity index is 1.73. The molecule has 1 saturated heterocycles. The number of urea groups is 1. The Labute approximate surface area is 164 Å². The number of morpholine rings is 1. The van der Waals surface area contributed by atoms with E-state index in [0.717, 1.165) is 30.2 Å². The van der Waals surface area contributed by atoms with E-state index in [2.05, 4.69) is 15.5 Å². The predicted molar refractivity (Wildman–Crippen MR) is 109 cm³/mol. The summed E-state index contributed by atoms with van der Waals surface area (Å²) in [6, 6.07) is 13.2. The molecular formula is C21H24N4O3. The number of amides is 2. The molecule has 2 aromatic carbocycles. The Morgan fingerprint density at radius 3 is 2.68 bits per heavy atom. The first kappa shape index (κ1) is 18.3. The van der Waals surface area contributed by atoms with Crippen molar-refractivity contribution in [3.05, 3.63) is 48.0 Å². The van der Waals surface area contributed by atoms with Crippen LogP contribution in [0.3, 0.4) is 0 Å². The number of aliphatic imine (C=N–C) groups is 1. The zero-order valence-corrected chi connectivity index (χ0v) is 16.1. The van der Waals surface area contributed by atoms with E-state index in [1.807, 2.05) is 56.3 Å². The Bertz CT molecular complexity index is 904. The van der Waals surface area contributed by atoms with Gasteiger partial charge in [-0.05, 0) is 44.2 Å². The summed E-state index contributed by atoms with van der Waals surface area (Å²) in [5.74, 6) is 2.26. The second-order valence-electron chi connectivity index (χ2n) is 7.07. The van der Waals surface area contributed by atoms with Crippen molar-refractivity contribution < 1.29 is 14.3 Å². The van der Waals surface area contributed by atoms with Crippen LogP contribution in [0.5, 0.6) is 11.5 Å². The number of hydrogen-bond acceptors (Lipinski definition) is 5. The number of carbonyl (C=O) groups is 1. The lowest BCUT2D eigenvalue weighted by atomic mass is 10.1. The van der Waals surface area contributed by atoms with Gasteiger partial charge in [-0.3, -0.25) is 0 Å². The SMILES string of the molecule is CC(C)NC(=O)Nc1ccc2c(c1)C(N1CCOCC1)=Nc1ccccc1O2. The topological polar surface area (TPSA) is 75.2 Å². The fourth-order valence-electron chi connectivity index (χ4n) is 3.25. The number of nitrogens with one attached hydrogen (secondary N) is 2. The molecule has 0 atom stereocenters. The highest BCUT2D eigenvalue weighted by Crippen LogP contribution is 2.39. The van der Waals surface area contributed by atoms with E-state index in [9.17, 15) is 4.79 Å². The second-order valence-corrected chi connectivity index (χ2v) is 7.07. The maximum atomic E-state index is 12.1. The summed E-state index contributed by atoms with van der Waals surface area (Å²) in [7, 11) is 0. The highest BCUT2D eigenvalue weighted by Gasteiger charge is 2.24. The fourth-order valence-corrected chi connectivity index (χ4v) is 3.25. The minimum atomic E-state index is -0.238. The van der Waals surface area contributed by atoms with E-state index < -0.39 is 0 Å². The first-order chi connectivity index (χ1) is 13.6. The van der Waals surface area contributed by atoms with Crippen LogP contribution in [0.1, 0.15) is 19.4 Å². The van der Waals surface area contributed by atoms with Crippen LogP contribution in [-0.2, 0) is 4.74 Å². The largest absolute Gasteiger partial charge is 0.454 e. The van der Waals surface area contributed by atoms with Gasteiger partial charge >= 0.3 is 6.03 Å². The number of ether oxygens (including phenoxy) is 2. The summed E-state index contributed by atoms with van der Waals surface area (Å²) in [4.78, 5) is 19.2. The molecule has 2 aliphatic heterocycles. The van der Waals surface area contributed by atoms with Crippen LogP contribution in [0, 0.1) is 0 Å². The molecule has 7 heteroatoms. The normalized spacial score (nSPS) is 15.7. The first-order valence-electron chi connectivity index (χ1n) is 9.50. The zero-order chi connectivity index (χ0) is 19.5. The molecule has 2 heterocycles. The van der Waals surface area contributed by atoms with Crippen molar-refractivity contribution in [3.8, 4) is 11.5 Å². The zero-order valence-electron chi connectivity index (χ0n) is 16.1. The van der Waals surface area contributed by atoms with Gasteiger partial charge in [0, 0.05) is 24.8 Å². The second kappa shape index (κ2) is 7.90. The van der Waals surface area contributed by atoms with Crippen LogP contribution in [0.4, 0.5) is 16.2 Å². The van der Waals surface area contributed by atoms with Crippen molar-refractivity contribution in [1.29, 1.82) is 0 Å². The molecule has 28 heavy (non-hydrogen) atoms. The lowest BCUT2D eigenvalue weighted by molar-refractivity contribution is 0.0683. The van der Waals surface area contributed by atoms with Gasteiger partial charge in [0.25, 0.3) is 0 Å². The molecule has 0 aromatic heterocycles. The van der Waals surface area contributed by atoms with Gasteiger partial charge in [-0.2, -0.15) is 0 Å². The van der Waals surface area contributed by atoms with E-state index in [-0.39, 0.29) is 12.1 Å². The average molecular weight is 380 g/mol. The summed E-state index contributed by atoms with van der Waals surface area (Å²) in [5, 5.41) is 5.72. The lowest BCUT2D eigenvalue weighted by Gasteiger charge is -2.30. The van der Waals surface area contributed by atoms with Gasteiger partial charge in [-0.15, -0.1) is 0 Å². The van der Waals surface area contributed by atoms with Crippen LogP contribution in [0.25, 0.3) is 0 Å². The molecule has 0 saturated carbocycles. The van der Waals surface area contributed by atoms with Gasteiger partial charge in [-0.1, -0.05) is 12.1 Å².